The summed E-state index contributed by atoms with van der Waals surface area (Å²) in [6.45, 7) is 4.65. The molecule has 0 saturated heterocycles. The van der Waals surface area contributed by atoms with Gasteiger partial charge in [-0.3, -0.25) is 14.5 Å². The zero-order chi connectivity index (χ0) is 24.1. The number of benzene rings is 3. The van der Waals surface area contributed by atoms with Crippen LogP contribution in [0, 0.1) is 6.92 Å². The van der Waals surface area contributed by atoms with E-state index in [4.69, 9.17) is 14.1 Å². The van der Waals surface area contributed by atoms with Crippen molar-refractivity contribution in [1.82, 2.24) is 4.98 Å². The molecule has 0 spiro atoms. The number of rotatable bonds is 5. The van der Waals surface area contributed by atoms with Crippen molar-refractivity contribution in [3.63, 3.8) is 0 Å². The quantitative estimate of drug-likeness (QED) is 0.296. The number of aromatic nitrogens is 1. The van der Waals surface area contributed by atoms with E-state index in [0.29, 0.717) is 34.0 Å². The summed E-state index contributed by atoms with van der Waals surface area (Å²) >= 11 is 1.43. The fourth-order valence-corrected chi connectivity index (χ4v) is 5.64. The first kappa shape index (κ1) is 21.6. The second-order valence-corrected chi connectivity index (χ2v) is 9.65. The molecule has 6 nitrogen and oxygen atoms in total. The minimum Gasteiger partial charge on any atom is -0.494 e. The van der Waals surface area contributed by atoms with E-state index in [1.165, 1.54) is 11.3 Å². The van der Waals surface area contributed by atoms with Crippen molar-refractivity contribution < 1.29 is 13.9 Å². The van der Waals surface area contributed by atoms with Crippen LogP contribution in [0.5, 0.6) is 5.75 Å². The van der Waals surface area contributed by atoms with E-state index >= 15 is 0 Å². The molecule has 2 aromatic heterocycles. The van der Waals surface area contributed by atoms with Crippen LogP contribution < -0.4 is 15.1 Å². The van der Waals surface area contributed by atoms with E-state index in [9.17, 15) is 9.59 Å². The van der Waals surface area contributed by atoms with Gasteiger partial charge in [-0.05, 0) is 60.9 Å². The monoisotopic (exact) mass is 482 g/mol. The molecule has 1 unspecified atom stereocenters. The van der Waals surface area contributed by atoms with Crippen molar-refractivity contribution in [1.29, 1.82) is 0 Å². The highest BCUT2D eigenvalue weighted by molar-refractivity contribution is 7.22. The van der Waals surface area contributed by atoms with Crippen LogP contribution in [-0.4, -0.2) is 17.5 Å². The Morgan fingerprint density at radius 2 is 1.91 bits per heavy atom. The van der Waals surface area contributed by atoms with E-state index in [2.05, 4.69) is 6.07 Å². The molecule has 7 heteroatoms. The maximum atomic E-state index is 13.8. The van der Waals surface area contributed by atoms with Crippen LogP contribution in [0.4, 0.5) is 5.13 Å². The summed E-state index contributed by atoms with van der Waals surface area (Å²) in [6, 6.07) is 19.9. The average molecular weight is 483 g/mol. The zero-order valence-electron chi connectivity index (χ0n) is 19.3. The van der Waals surface area contributed by atoms with Crippen molar-refractivity contribution in [2.75, 3.05) is 11.5 Å². The number of aryl methyl sites for hydroxylation is 1. The Hall–Kier alpha value is -3.97. The van der Waals surface area contributed by atoms with E-state index in [1.54, 1.807) is 29.2 Å². The second kappa shape index (κ2) is 8.36. The lowest BCUT2D eigenvalue weighted by Crippen LogP contribution is -2.29. The van der Waals surface area contributed by atoms with Crippen LogP contribution in [0.2, 0.25) is 0 Å². The predicted molar refractivity (Wildman–Crippen MR) is 138 cm³/mol. The van der Waals surface area contributed by atoms with Crippen LogP contribution in [0.1, 0.15) is 46.6 Å². The van der Waals surface area contributed by atoms with E-state index in [0.717, 1.165) is 27.8 Å². The number of hydrogen-bond donors (Lipinski definition) is 0. The van der Waals surface area contributed by atoms with Crippen LogP contribution in [0.3, 0.4) is 0 Å². The molecule has 0 saturated carbocycles. The molecule has 6 rings (SSSR count). The number of anilines is 1. The summed E-state index contributed by atoms with van der Waals surface area (Å²) < 4.78 is 12.9. The first-order chi connectivity index (χ1) is 17.0. The van der Waals surface area contributed by atoms with Gasteiger partial charge in [-0.2, -0.15) is 0 Å². The summed E-state index contributed by atoms with van der Waals surface area (Å²) in [7, 11) is 0. The SMILES string of the molecule is CCCOc1cccc(C2c3c(oc4ccccc4c3=O)C(=O)N2c2nc3ccc(C)cc3s2)c1. The molecule has 3 heterocycles. The van der Waals surface area contributed by atoms with E-state index < -0.39 is 6.04 Å². The Kier molecular flexibility index (Phi) is 5.15. The fourth-order valence-electron chi connectivity index (χ4n) is 4.55. The number of para-hydroxylation sites is 1. The van der Waals surface area contributed by atoms with Crippen LogP contribution in [0.25, 0.3) is 21.2 Å². The van der Waals surface area contributed by atoms with Crippen LogP contribution in [0.15, 0.2) is 75.9 Å². The van der Waals surface area contributed by atoms with Gasteiger partial charge in [0.05, 0.1) is 33.8 Å². The summed E-state index contributed by atoms with van der Waals surface area (Å²) in [5, 5.41) is 0.972. The van der Waals surface area contributed by atoms with Gasteiger partial charge in [0.2, 0.25) is 5.76 Å². The van der Waals surface area contributed by atoms with Crippen LogP contribution >= 0.6 is 11.3 Å². The molecule has 0 N–H and O–H groups in total. The van der Waals surface area contributed by atoms with Crippen molar-refractivity contribution in [3.8, 4) is 5.75 Å². The first-order valence-corrected chi connectivity index (χ1v) is 12.4. The number of carbonyl (C=O) groups is 1. The summed E-state index contributed by atoms with van der Waals surface area (Å²) in [6.07, 6.45) is 0.877. The Bertz CT molecular complexity index is 1670. The molecule has 1 atom stereocenters. The molecular formula is C28H22N2O4S. The van der Waals surface area contributed by atoms with Crippen molar-refractivity contribution in [3.05, 3.63) is 99.4 Å². The van der Waals surface area contributed by atoms with Crippen molar-refractivity contribution in [2.45, 2.75) is 26.3 Å². The van der Waals surface area contributed by atoms with Gasteiger partial charge in [0.15, 0.2) is 10.6 Å². The number of thiazole rings is 1. The lowest BCUT2D eigenvalue weighted by Gasteiger charge is -2.23. The topological polar surface area (TPSA) is 72.6 Å². The maximum absolute atomic E-state index is 13.8. The third kappa shape index (κ3) is 3.51. The number of nitrogens with zero attached hydrogens (tertiary/aromatic N) is 2. The Balaban J connectivity index is 1.59. The smallest absolute Gasteiger partial charge is 0.297 e. The molecule has 5 aromatic rings. The van der Waals surface area contributed by atoms with E-state index in [-0.39, 0.29) is 17.1 Å². The standard InChI is InChI=1S/C28H22N2O4S/c1-3-13-33-18-8-6-7-17(15-18)24-23-25(31)19-9-4-5-10-21(19)34-26(23)27(32)30(24)28-29-20-12-11-16(2)14-22(20)35-28/h4-12,14-15,24H,3,13H2,1-2H3. The second-order valence-electron chi connectivity index (χ2n) is 8.64. The van der Waals surface area contributed by atoms with Gasteiger partial charge in [0.1, 0.15) is 11.3 Å². The Labute approximate surface area is 205 Å². The highest BCUT2D eigenvalue weighted by Crippen LogP contribution is 2.44. The van der Waals surface area contributed by atoms with Gasteiger partial charge >= 0.3 is 0 Å². The largest absolute Gasteiger partial charge is 0.494 e. The van der Waals surface area contributed by atoms with Crippen LogP contribution in [-0.2, 0) is 0 Å². The normalized spacial score (nSPS) is 15.2. The molecule has 1 aliphatic heterocycles. The molecule has 174 valence electrons. The molecule has 35 heavy (non-hydrogen) atoms. The van der Waals surface area contributed by atoms with Gasteiger partial charge in [-0.25, -0.2) is 4.98 Å². The van der Waals surface area contributed by atoms with Crippen molar-refractivity contribution in [2.24, 2.45) is 0 Å². The number of amides is 1. The molecule has 1 amide bonds. The molecular weight excluding hydrogens is 460 g/mol. The molecule has 1 aliphatic rings. The molecule has 0 radical (unpaired) electrons. The lowest BCUT2D eigenvalue weighted by atomic mass is 9.98. The van der Waals surface area contributed by atoms with Gasteiger partial charge < -0.3 is 9.15 Å². The number of carbonyl (C=O) groups excluding carboxylic acids is 1. The summed E-state index contributed by atoms with van der Waals surface area (Å²) in [4.78, 5) is 33.9. The van der Waals surface area contributed by atoms with Gasteiger partial charge in [0, 0.05) is 0 Å². The highest BCUT2D eigenvalue weighted by Gasteiger charge is 2.45. The Morgan fingerprint density at radius 3 is 2.77 bits per heavy atom. The maximum Gasteiger partial charge on any atom is 0.297 e. The molecule has 0 aliphatic carbocycles. The number of fused-ring (bicyclic) bond motifs is 3. The number of hydrogen-bond acceptors (Lipinski definition) is 6. The first-order valence-electron chi connectivity index (χ1n) is 11.5. The molecule has 0 fully saturated rings. The van der Waals surface area contributed by atoms with Gasteiger partial charge in [-0.1, -0.05) is 48.6 Å². The third-order valence-corrected chi connectivity index (χ3v) is 7.18. The summed E-state index contributed by atoms with van der Waals surface area (Å²) in [5.74, 6) is 0.382. The lowest BCUT2D eigenvalue weighted by molar-refractivity contribution is 0.0971. The van der Waals surface area contributed by atoms with Crippen molar-refractivity contribution >= 4 is 43.6 Å². The summed E-state index contributed by atoms with van der Waals surface area (Å²) in [5.41, 5.74) is 3.21. The third-order valence-electron chi connectivity index (χ3n) is 6.16. The highest BCUT2D eigenvalue weighted by atomic mass is 32.1. The minimum atomic E-state index is -0.676. The fraction of sp³-hybridized carbons (Fsp3) is 0.179. The Morgan fingerprint density at radius 1 is 1.06 bits per heavy atom. The predicted octanol–water partition coefficient (Wildman–Crippen LogP) is 6.25. The van der Waals surface area contributed by atoms with Gasteiger partial charge in [-0.15, -0.1) is 0 Å². The average Bonchev–Trinajstić information content (AvgIpc) is 3.41. The van der Waals surface area contributed by atoms with E-state index in [1.807, 2.05) is 50.2 Å². The molecule has 0 bridgehead atoms. The van der Waals surface area contributed by atoms with Gasteiger partial charge in [0.25, 0.3) is 5.91 Å². The number of ether oxygens (including phenoxy) is 1. The zero-order valence-corrected chi connectivity index (χ0v) is 20.1. The minimum absolute atomic E-state index is 0.0639. The molecule has 3 aromatic carbocycles.